The maximum atomic E-state index is 6.41. The molecule has 0 radical (unpaired) electrons. The Hall–Kier alpha value is -0.200. The van der Waals surface area contributed by atoms with Gasteiger partial charge in [0.25, 0.3) is 0 Å². The lowest BCUT2D eigenvalue weighted by molar-refractivity contribution is -0.578. The van der Waals surface area contributed by atoms with Crippen LogP contribution in [-0.4, -0.2) is 30.6 Å². The molecule has 138 valence electrons. The number of fused-ring (bicyclic) bond motifs is 2. The highest BCUT2D eigenvalue weighted by atomic mass is 17.3. The quantitative estimate of drug-likeness (QED) is 0.730. The van der Waals surface area contributed by atoms with E-state index in [1.807, 2.05) is 13.8 Å². The van der Waals surface area contributed by atoms with Crippen LogP contribution in [0.25, 0.3) is 0 Å². The van der Waals surface area contributed by atoms with E-state index < -0.39 is 17.7 Å². The molecule has 4 heterocycles. The summed E-state index contributed by atoms with van der Waals surface area (Å²) in [7, 11) is 0. The zero-order chi connectivity index (χ0) is 17.1. The van der Waals surface area contributed by atoms with E-state index in [1.54, 1.807) is 0 Å². The summed E-state index contributed by atoms with van der Waals surface area (Å²) in [5.74, 6) is 1.39. The van der Waals surface area contributed by atoms with E-state index in [-0.39, 0.29) is 6.29 Å². The Morgan fingerprint density at radius 2 is 1.92 bits per heavy atom. The number of ether oxygens (including phenoxy) is 3. The third kappa shape index (κ3) is 2.32. The molecule has 5 nitrogen and oxygen atoms in total. The lowest BCUT2D eigenvalue weighted by Gasteiger charge is -2.61. The highest BCUT2D eigenvalue weighted by Gasteiger charge is 2.70. The molecule has 0 N–H and O–H groups in total. The maximum absolute atomic E-state index is 6.41. The van der Waals surface area contributed by atoms with Crippen LogP contribution in [0.15, 0.2) is 0 Å². The van der Waals surface area contributed by atoms with Crippen molar-refractivity contribution in [3.8, 4) is 0 Å². The molecule has 1 spiro atoms. The van der Waals surface area contributed by atoms with Crippen molar-refractivity contribution in [2.45, 2.75) is 84.3 Å². The Bertz CT molecular complexity index is 482. The highest BCUT2D eigenvalue weighted by molar-refractivity contribution is 5.10. The molecule has 8 unspecified atom stereocenters. The van der Waals surface area contributed by atoms with Crippen LogP contribution in [0, 0.1) is 29.6 Å². The van der Waals surface area contributed by atoms with Crippen LogP contribution in [0.1, 0.15) is 60.3 Å². The third-order valence-electron chi connectivity index (χ3n) is 6.91. The van der Waals surface area contributed by atoms with Crippen LogP contribution in [0.5, 0.6) is 0 Å². The summed E-state index contributed by atoms with van der Waals surface area (Å²) >= 11 is 0. The van der Waals surface area contributed by atoms with E-state index in [0.717, 1.165) is 19.3 Å². The van der Waals surface area contributed by atoms with Crippen molar-refractivity contribution >= 4 is 0 Å². The second-order valence-electron chi connectivity index (χ2n) is 8.69. The van der Waals surface area contributed by atoms with Crippen LogP contribution < -0.4 is 0 Å². The van der Waals surface area contributed by atoms with Gasteiger partial charge in [0.15, 0.2) is 18.2 Å². The monoisotopic (exact) mass is 340 g/mol. The lowest BCUT2D eigenvalue weighted by Crippen LogP contribution is -2.71. The second kappa shape index (κ2) is 5.92. The summed E-state index contributed by atoms with van der Waals surface area (Å²) < 4.78 is 18.7. The number of rotatable bonds is 3. The summed E-state index contributed by atoms with van der Waals surface area (Å²) in [5.41, 5.74) is -0.490. The summed E-state index contributed by atoms with van der Waals surface area (Å²) in [6, 6.07) is 0. The van der Waals surface area contributed by atoms with Gasteiger partial charge >= 0.3 is 0 Å². The Morgan fingerprint density at radius 3 is 2.62 bits per heavy atom. The Labute approximate surface area is 145 Å². The molecule has 5 fully saturated rings. The Kier molecular flexibility index (Phi) is 4.25. The first-order valence-corrected chi connectivity index (χ1v) is 9.73. The molecule has 0 aromatic carbocycles. The average Bonchev–Trinajstić information content (AvgIpc) is 2.75. The van der Waals surface area contributed by atoms with E-state index in [0.29, 0.717) is 36.2 Å². The van der Waals surface area contributed by atoms with Crippen LogP contribution in [0.4, 0.5) is 0 Å². The molecule has 24 heavy (non-hydrogen) atoms. The fourth-order valence-corrected chi connectivity index (χ4v) is 5.75. The zero-order valence-electron chi connectivity index (χ0n) is 15.6. The van der Waals surface area contributed by atoms with Gasteiger partial charge in [-0.2, -0.15) is 0 Å². The minimum absolute atomic E-state index is 0.226. The van der Waals surface area contributed by atoms with Crippen molar-refractivity contribution in [2.75, 3.05) is 6.61 Å². The zero-order valence-corrected chi connectivity index (χ0v) is 15.6. The largest absolute Gasteiger partial charge is 0.353 e. The molecule has 1 saturated carbocycles. The van der Waals surface area contributed by atoms with Gasteiger partial charge in [0.05, 0.1) is 0 Å². The highest BCUT2D eigenvalue weighted by Crippen LogP contribution is 2.61. The molecule has 8 atom stereocenters. The average molecular weight is 340 g/mol. The van der Waals surface area contributed by atoms with E-state index >= 15 is 0 Å². The van der Waals surface area contributed by atoms with E-state index in [1.165, 1.54) is 6.42 Å². The van der Waals surface area contributed by atoms with Gasteiger partial charge in [0.1, 0.15) is 0 Å². The predicted molar refractivity (Wildman–Crippen MR) is 87.6 cm³/mol. The summed E-state index contributed by atoms with van der Waals surface area (Å²) in [6.45, 7) is 11.5. The van der Waals surface area contributed by atoms with E-state index in [9.17, 15) is 0 Å². The first-order valence-electron chi connectivity index (χ1n) is 9.73. The standard InChI is InChI=1S/C19H32O5/c1-6-20-16-15(11(2)3)14-8-7-12(4)13-9-10-18(5)22-17(21-16)19(13,14)24-23-18/h11-17H,6-10H2,1-5H3. The van der Waals surface area contributed by atoms with Gasteiger partial charge in [-0.15, -0.1) is 0 Å². The fraction of sp³-hybridized carbons (Fsp3) is 1.00. The fourth-order valence-electron chi connectivity index (χ4n) is 5.75. The van der Waals surface area contributed by atoms with Crippen molar-refractivity contribution in [1.29, 1.82) is 0 Å². The molecular weight excluding hydrogens is 308 g/mol. The van der Waals surface area contributed by atoms with Crippen molar-refractivity contribution in [3.05, 3.63) is 0 Å². The molecule has 0 aromatic heterocycles. The van der Waals surface area contributed by atoms with Crippen LogP contribution in [0.2, 0.25) is 0 Å². The van der Waals surface area contributed by atoms with Crippen molar-refractivity contribution < 1.29 is 24.0 Å². The van der Waals surface area contributed by atoms with Gasteiger partial charge in [-0.05, 0) is 50.9 Å². The summed E-state index contributed by atoms with van der Waals surface area (Å²) in [4.78, 5) is 12.0. The molecule has 0 aromatic rings. The Morgan fingerprint density at radius 1 is 1.12 bits per heavy atom. The number of hydrogen-bond acceptors (Lipinski definition) is 5. The lowest BCUT2D eigenvalue weighted by atomic mass is 9.56. The second-order valence-corrected chi connectivity index (χ2v) is 8.69. The summed E-state index contributed by atoms with van der Waals surface area (Å²) in [5, 5.41) is 0. The maximum Gasteiger partial charge on any atom is 0.201 e. The van der Waals surface area contributed by atoms with Crippen LogP contribution in [-0.2, 0) is 24.0 Å². The smallest absolute Gasteiger partial charge is 0.201 e. The Balaban J connectivity index is 1.78. The van der Waals surface area contributed by atoms with Crippen LogP contribution in [0.3, 0.4) is 0 Å². The van der Waals surface area contributed by atoms with Crippen molar-refractivity contribution in [1.82, 2.24) is 0 Å². The molecule has 5 heteroatoms. The van der Waals surface area contributed by atoms with E-state index in [2.05, 4.69) is 20.8 Å². The van der Waals surface area contributed by atoms with Gasteiger partial charge in [-0.1, -0.05) is 20.8 Å². The minimum Gasteiger partial charge on any atom is -0.353 e. The first kappa shape index (κ1) is 17.2. The van der Waals surface area contributed by atoms with Gasteiger partial charge in [0, 0.05) is 24.9 Å². The van der Waals surface area contributed by atoms with Crippen LogP contribution >= 0.6 is 0 Å². The molecule has 5 aliphatic rings. The van der Waals surface area contributed by atoms with Gasteiger partial charge in [-0.3, -0.25) is 0 Å². The van der Waals surface area contributed by atoms with Gasteiger partial charge in [0.2, 0.25) is 5.79 Å². The van der Waals surface area contributed by atoms with E-state index in [4.69, 9.17) is 24.0 Å². The number of hydrogen-bond donors (Lipinski definition) is 0. The minimum atomic E-state index is -0.709. The molecule has 4 aliphatic heterocycles. The third-order valence-corrected chi connectivity index (χ3v) is 6.91. The van der Waals surface area contributed by atoms with Gasteiger partial charge in [-0.25, -0.2) is 9.78 Å². The van der Waals surface area contributed by atoms with Crippen molar-refractivity contribution in [3.63, 3.8) is 0 Å². The first-order chi connectivity index (χ1) is 11.4. The molecule has 2 bridgehead atoms. The normalized spacial score (nSPS) is 53.8. The summed E-state index contributed by atoms with van der Waals surface area (Å²) in [6.07, 6.45) is 3.64. The SMILES string of the molecule is CCOC1OC2OC3(C)CCC4C(C)CCC(C1C(C)C)C24OO3. The topological polar surface area (TPSA) is 46.2 Å². The van der Waals surface area contributed by atoms with Gasteiger partial charge < -0.3 is 14.2 Å². The predicted octanol–water partition coefficient (Wildman–Crippen LogP) is 3.87. The molecular formula is C19H32O5. The molecule has 1 aliphatic carbocycles. The molecule has 4 saturated heterocycles. The van der Waals surface area contributed by atoms with Crippen molar-refractivity contribution in [2.24, 2.45) is 29.6 Å². The molecule has 5 rings (SSSR count). The molecule has 0 amide bonds.